The number of hydrogen-bond donors (Lipinski definition) is 2. The highest BCUT2D eigenvalue weighted by Crippen LogP contribution is 2.02. The second kappa shape index (κ2) is 9.27. The Morgan fingerprint density at radius 1 is 1.26 bits per heavy atom. The predicted octanol–water partition coefficient (Wildman–Crippen LogP) is 1.45. The molecule has 0 atom stereocenters. The average Bonchev–Trinajstić information content (AvgIpc) is 2.46. The molecule has 0 aliphatic heterocycles. The number of rotatable bonds is 9. The van der Waals surface area contributed by atoms with E-state index < -0.39 is 0 Å². The maximum atomic E-state index is 11.3. The summed E-state index contributed by atoms with van der Waals surface area (Å²) in [6, 6.07) is 3.39. The Morgan fingerprint density at radius 3 is 2.68 bits per heavy atom. The van der Waals surface area contributed by atoms with Crippen molar-refractivity contribution in [3.8, 4) is 0 Å². The van der Waals surface area contributed by atoms with Crippen LogP contribution >= 0.6 is 0 Å². The number of amides is 1. The van der Waals surface area contributed by atoms with Gasteiger partial charge in [-0.15, -0.1) is 10.2 Å². The van der Waals surface area contributed by atoms with E-state index in [-0.39, 0.29) is 5.91 Å². The molecule has 0 spiro atoms. The smallest absolute Gasteiger partial charge is 0.271 e. The minimum atomic E-state index is -0.233. The maximum absolute atomic E-state index is 11.3. The van der Waals surface area contributed by atoms with Crippen LogP contribution in [0.25, 0.3) is 0 Å². The highest BCUT2D eigenvalue weighted by atomic mass is 16.5. The third kappa shape index (κ3) is 6.15. The van der Waals surface area contributed by atoms with Gasteiger partial charge in [-0.2, -0.15) is 0 Å². The molecule has 0 saturated carbocycles. The molecule has 1 rings (SSSR count). The first-order chi connectivity index (χ1) is 9.27. The predicted molar refractivity (Wildman–Crippen MR) is 74.3 cm³/mol. The van der Waals surface area contributed by atoms with Crippen molar-refractivity contribution in [1.29, 1.82) is 0 Å². The van der Waals surface area contributed by atoms with E-state index in [4.69, 9.17) is 4.74 Å². The van der Waals surface area contributed by atoms with E-state index in [2.05, 4.69) is 27.8 Å². The van der Waals surface area contributed by atoms with Crippen LogP contribution < -0.4 is 10.6 Å². The van der Waals surface area contributed by atoms with Crippen molar-refractivity contribution in [1.82, 2.24) is 15.5 Å². The Balaban J connectivity index is 2.18. The highest BCUT2D eigenvalue weighted by Gasteiger charge is 2.04. The third-order valence-corrected chi connectivity index (χ3v) is 2.54. The Bertz CT molecular complexity index is 367. The summed E-state index contributed by atoms with van der Waals surface area (Å²) in [6.07, 6.45) is 3.19. The molecule has 19 heavy (non-hydrogen) atoms. The molecular weight excluding hydrogens is 244 g/mol. The monoisotopic (exact) mass is 266 g/mol. The lowest BCUT2D eigenvalue weighted by Crippen LogP contribution is -2.19. The van der Waals surface area contributed by atoms with E-state index in [0.29, 0.717) is 11.5 Å². The van der Waals surface area contributed by atoms with Gasteiger partial charge in [-0.25, -0.2) is 0 Å². The summed E-state index contributed by atoms with van der Waals surface area (Å²) >= 11 is 0. The Kier molecular flexibility index (Phi) is 7.50. The van der Waals surface area contributed by atoms with E-state index in [1.807, 2.05) is 0 Å². The molecule has 1 heterocycles. The van der Waals surface area contributed by atoms with Gasteiger partial charge in [0.15, 0.2) is 5.69 Å². The van der Waals surface area contributed by atoms with Gasteiger partial charge in [-0.3, -0.25) is 4.79 Å². The number of hydrogen-bond acceptors (Lipinski definition) is 5. The molecule has 0 aliphatic carbocycles. The summed E-state index contributed by atoms with van der Waals surface area (Å²) in [5, 5.41) is 13.4. The second-order valence-electron chi connectivity index (χ2n) is 4.13. The molecule has 6 heteroatoms. The zero-order chi connectivity index (χ0) is 13.9. The van der Waals surface area contributed by atoms with Crippen molar-refractivity contribution >= 4 is 11.7 Å². The summed E-state index contributed by atoms with van der Waals surface area (Å²) in [5.41, 5.74) is 0.316. The van der Waals surface area contributed by atoms with Gasteiger partial charge in [0.25, 0.3) is 5.91 Å². The number of nitrogens with one attached hydrogen (secondary N) is 2. The highest BCUT2D eigenvalue weighted by molar-refractivity contribution is 5.91. The number of ether oxygens (including phenoxy) is 1. The van der Waals surface area contributed by atoms with E-state index >= 15 is 0 Å². The van der Waals surface area contributed by atoms with Crippen LogP contribution in [0, 0.1) is 0 Å². The van der Waals surface area contributed by atoms with Crippen molar-refractivity contribution in [3.63, 3.8) is 0 Å². The molecule has 0 fully saturated rings. The Labute approximate surface area is 113 Å². The first-order valence-corrected chi connectivity index (χ1v) is 6.65. The summed E-state index contributed by atoms with van der Waals surface area (Å²) in [5.74, 6) is 0.435. The second-order valence-corrected chi connectivity index (χ2v) is 4.13. The quantitative estimate of drug-likeness (QED) is 0.662. The lowest BCUT2D eigenvalue weighted by molar-refractivity contribution is 0.0957. The van der Waals surface area contributed by atoms with Gasteiger partial charge in [0, 0.05) is 26.8 Å². The molecule has 1 aromatic rings. The zero-order valence-corrected chi connectivity index (χ0v) is 11.6. The van der Waals surface area contributed by atoms with E-state index in [1.165, 1.54) is 0 Å². The number of aromatic nitrogens is 2. The fraction of sp³-hybridized carbons (Fsp3) is 0.615. The molecule has 0 aliphatic rings. The van der Waals surface area contributed by atoms with Gasteiger partial charge in [-0.1, -0.05) is 13.3 Å². The fourth-order valence-corrected chi connectivity index (χ4v) is 1.41. The number of anilines is 1. The van der Waals surface area contributed by atoms with Crippen molar-refractivity contribution < 1.29 is 9.53 Å². The largest absolute Gasteiger partial charge is 0.381 e. The lowest BCUT2D eigenvalue weighted by atomic mass is 10.3. The van der Waals surface area contributed by atoms with Gasteiger partial charge < -0.3 is 15.4 Å². The molecule has 0 unspecified atom stereocenters. The zero-order valence-electron chi connectivity index (χ0n) is 11.6. The summed E-state index contributed by atoms with van der Waals surface area (Å²) in [4.78, 5) is 11.3. The normalized spacial score (nSPS) is 10.2. The molecule has 0 aromatic carbocycles. The SMILES string of the molecule is CCCCOCCCNc1ccc(C(=O)NC)nn1. The molecule has 106 valence electrons. The summed E-state index contributed by atoms with van der Waals surface area (Å²) in [7, 11) is 1.56. The Morgan fingerprint density at radius 2 is 2.05 bits per heavy atom. The first kappa shape index (κ1) is 15.4. The lowest BCUT2D eigenvalue weighted by Gasteiger charge is -2.06. The van der Waals surface area contributed by atoms with Crippen LogP contribution in [0.1, 0.15) is 36.7 Å². The van der Waals surface area contributed by atoms with Crippen molar-refractivity contribution in [2.45, 2.75) is 26.2 Å². The van der Waals surface area contributed by atoms with Crippen LogP contribution in [-0.4, -0.2) is 42.9 Å². The molecule has 0 saturated heterocycles. The van der Waals surface area contributed by atoms with Gasteiger partial charge in [0.2, 0.25) is 0 Å². The van der Waals surface area contributed by atoms with Gasteiger partial charge in [-0.05, 0) is 25.0 Å². The van der Waals surface area contributed by atoms with Crippen molar-refractivity contribution in [3.05, 3.63) is 17.8 Å². The van der Waals surface area contributed by atoms with Crippen LogP contribution in [0.3, 0.4) is 0 Å². The third-order valence-electron chi connectivity index (χ3n) is 2.54. The summed E-state index contributed by atoms with van der Waals surface area (Å²) in [6.45, 7) is 4.50. The number of carbonyl (C=O) groups is 1. The molecule has 0 bridgehead atoms. The molecule has 6 nitrogen and oxygen atoms in total. The van der Waals surface area contributed by atoms with Crippen LogP contribution in [-0.2, 0) is 4.74 Å². The average molecular weight is 266 g/mol. The fourth-order valence-electron chi connectivity index (χ4n) is 1.41. The topological polar surface area (TPSA) is 76.1 Å². The van der Waals surface area contributed by atoms with Crippen LogP contribution in [0.2, 0.25) is 0 Å². The van der Waals surface area contributed by atoms with Gasteiger partial charge >= 0.3 is 0 Å². The van der Waals surface area contributed by atoms with E-state index in [9.17, 15) is 4.79 Å². The molecule has 1 aromatic heterocycles. The maximum Gasteiger partial charge on any atom is 0.271 e. The molecule has 0 radical (unpaired) electrons. The van der Waals surface area contributed by atoms with E-state index in [0.717, 1.165) is 39.0 Å². The standard InChI is InChI=1S/C13H22N4O2/c1-3-4-9-19-10-5-8-15-12-7-6-11(16-17-12)13(18)14-2/h6-7H,3-5,8-10H2,1-2H3,(H,14,18)(H,15,17). The molecular formula is C13H22N4O2. The van der Waals surface area contributed by atoms with Crippen LogP contribution in [0.4, 0.5) is 5.82 Å². The van der Waals surface area contributed by atoms with Crippen LogP contribution in [0.5, 0.6) is 0 Å². The molecule has 2 N–H and O–H groups in total. The first-order valence-electron chi connectivity index (χ1n) is 6.65. The minimum absolute atomic E-state index is 0.233. The Hall–Kier alpha value is -1.69. The van der Waals surface area contributed by atoms with Crippen molar-refractivity contribution in [2.75, 3.05) is 32.1 Å². The number of carbonyl (C=O) groups excluding carboxylic acids is 1. The van der Waals surface area contributed by atoms with Crippen LogP contribution in [0.15, 0.2) is 12.1 Å². The molecule has 1 amide bonds. The van der Waals surface area contributed by atoms with Crippen molar-refractivity contribution in [2.24, 2.45) is 0 Å². The van der Waals surface area contributed by atoms with Gasteiger partial charge in [0.1, 0.15) is 5.82 Å². The number of unbranched alkanes of at least 4 members (excludes halogenated alkanes) is 1. The number of nitrogens with zero attached hydrogens (tertiary/aromatic N) is 2. The summed E-state index contributed by atoms with van der Waals surface area (Å²) < 4.78 is 5.45. The minimum Gasteiger partial charge on any atom is -0.381 e. The van der Waals surface area contributed by atoms with Gasteiger partial charge in [0.05, 0.1) is 0 Å². The van der Waals surface area contributed by atoms with E-state index in [1.54, 1.807) is 19.2 Å².